The second-order valence-corrected chi connectivity index (χ2v) is 5.03. The van der Waals surface area contributed by atoms with Crippen molar-refractivity contribution in [1.29, 1.82) is 0 Å². The number of hydrogen-bond donors (Lipinski definition) is 1. The molecule has 0 aliphatic carbocycles. The number of fused-ring (bicyclic) bond motifs is 1. The standard InChI is InChI=1S/C17H18FN3/c1-2-10-21-16-9-4-3-8-15(16)20-17(21)12-19-14-7-5-6-13(18)11-14/h3-9,11,19H,2,10,12H2,1H3. The molecule has 0 saturated carbocycles. The van der Waals surface area contributed by atoms with Crippen LogP contribution in [0.4, 0.5) is 10.1 Å². The van der Waals surface area contributed by atoms with Crippen LogP contribution < -0.4 is 5.32 Å². The monoisotopic (exact) mass is 283 g/mol. The van der Waals surface area contributed by atoms with Crippen LogP contribution in [0.2, 0.25) is 0 Å². The number of rotatable bonds is 5. The molecule has 0 atom stereocenters. The maximum Gasteiger partial charge on any atom is 0.129 e. The van der Waals surface area contributed by atoms with Crippen LogP contribution in [0.5, 0.6) is 0 Å². The van der Waals surface area contributed by atoms with Crippen molar-refractivity contribution in [1.82, 2.24) is 9.55 Å². The summed E-state index contributed by atoms with van der Waals surface area (Å²) < 4.78 is 15.4. The molecule has 0 saturated heterocycles. The van der Waals surface area contributed by atoms with E-state index in [-0.39, 0.29) is 5.82 Å². The van der Waals surface area contributed by atoms with Crippen molar-refractivity contribution in [2.24, 2.45) is 0 Å². The Morgan fingerprint density at radius 1 is 1.14 bits per heavy atom. The fraction of sp³-hybridized carbons (Fsp3) is 0.235. The van der Waals surface area contributed by atoms with Crippen LogP contribution in [-0.2, 0) is 13.1 Å². The minimum absolute atomic E-state index is 0.234. The molecule has 0 aliphatic rings. The van der Waals surface area contributed by atoms with E-state index in [1.165, 1.54) is 12.1 Å². The molecule has 108 valence electrons. The van der Waals surface area contributed by atoms with Crippen LogP contribution in [-0.4, -0.2) is 9.55 Å². The summed E-state index contributed by atoms with van der Waals surface area (Å²) in [6.45, 7) is 3.66. The normalized spacial score (nSPS) is 11.0. The molecule has 0 unspecified atom stereocenters. The minimum atomic E-state index is -0.234. The molecule has 1 N–H and O–H groups in total. The van der Waals surface area contributed by atoms with E-state index in [1.807, 2.05) is 24.3 Å². The molecular weight excluding hydrogens is 265 g/mol. The van der Waals surface area contributed by atoms with Crippen molar-refractivity contribution in [3.63, 3.8) is 0 Å². The van der Waals surface area contributed by atoms with Gasteiger partial charge in [-0.25, -0.2) is 9.37 Å². The predicted molar refractivity (Wildman–Crippen MR) is 83.8 cm³/mol. The second-order valence-electron chi connectivity index (χ2n) is 5.03. The highest BCUT2D eigenvalue weighted by Gasteiger charge is 2.09. The molecule has 0 radical (unpaired) electrons. The molecule has 0 spiro atoms. The number of anilines is 1. The number of para-hydroxylation sites is 2. The first-order valence-corrected chi connectivity index (χ1v) is 7.21. The van der Waals surface area contributed by atoms with E-state index in [2.05, 4.69) is 27.9 Å². The highest BCUT2D eigenvalue weighted by molar-refractivity contribution is 5.76. The molecule has 4 heteroatoms. The van der Waals surface area contributed by atoms with Gasteiger partial charge >= 0.3 is 0 Å². The van der Waals surface area contributed by atoms with Gasteiger partial charge in [-0.15, -0.1) is 0 Å². The van der Waals surface area contributed by atoms with Crippen molar-refractivity contribution in [3.8, 4) is 0 Å². The Bertz CT molecular complexity index is 749. The number of hydrogen-bond acceptors (Lipinski definition) is 2. The molecule has 3 rings (SSSR count). The van der Waals surface area contributed by atoms with E-state index in [0.29, 0.717) is 6.54 Å². The van der Waals surface area contributed by atoms with Crippen molar-refractivity contribution in [3.05, 3.63) is 60.2 Å². The number of benzene rings is 2. The number of aryl methyl sites for hydroxylation is 1. The summed E-state index contributed by atoms with van der Waals surface area (Å²) in [7, 11) is 0. The minimum Gasteiger partial charge on any atom is -0.378 e. The zero-order valence-electron chi connectivity index (χ0n) is 12.0. The number of halogens is 1. The second kappa shape index (κ2) is 5.95. The van der Waals surface area contributed by atoms with Crippen molar-refractivity contribution < 1.29 is 4.39 Å². The maximum absolute atomic E-state index is 13.2. The Labute approximate surface area is 123 Å². The molecular formula is C17H18FN3. The number of nitrogens with zero attached hydrogens (tertiary/aromatic N) is 2. The average molecular weight is 283 g/mol. The summed E-state index contributed by atoms with van der Waals surface area (Å²) in [5.74, 6) is 0.740. The highest BCUT2D eigenvalue weighted by Crippen LogP contribution is 2.18. The first-order chi connectivity index (χ1) is 10.3. The number of aromatic nitrogens is 2. The molecule has 0 amide bonds. The fourth-order valence-electron chi connectivity index (χ4n) is 2.51. The van der Waals surface area contributed by atoms with Crippen LogP contribution in [0.25, 0.3) is 11.0 Å². The smallest absolute Gasteiger partial charge is 0.129 e. The number of imidazole rings is 1. The lowest BCUT2D eigenvalue weighted by molar-refractivity contribution is 0.628. The van der Waals surface area contributed by atoms with Gasteiger partial charge in [0.15, 0.2) is 0 Å². The van der Waals surface area contributed by atoms with Crippen molar-refractivity contribution in [2.75, 3.05) is 5.32 Å². The fourth-order valence-corrected chi connectivity index (χ4v) is 2.51. The Hall–Kier alpha value is -2.36. The Morgan fingerprint density at radius 2 is 2.00 bits per heavy atom. The predicted octanol–water partition coefficient (Wildman–Crippen LogP) is 4.20. The Balaban J connectivity index is 1.87. The van der Waals surface area contributed by atoms with Gasteiger partial charge in [-0.1, -0.05) is 25.1 Å². The van der Waals surface area contributed by atoms with Gasteiger partial charge in [0.25, 0.3) is 0 Å². The van der Waals surface area contributed by atoms with E-state index in [4.69, 9.17) is 0 Å². The van der Waals surface area contributed by atoms with Gasteiger partial charge in [0.05, 0.1) is 17.6 Å². The van der Waals surface area contributed by atoms with E-state index in [0.717, 1.165) is 35.5 Å². The lowest BCUT2D eigenvalue weighted by Crippen LogP contribution is -2.09. The molecule has 21 heavy (non-hydrogen) atoms. The molecule has 1 aromatic heterocycles. The Kier molecular flexibility index (Phi) is 3.86. The van der Waals surface area contributed by atoms with Crippen LogP contribution >= 0.6 is 0 Å². The lowest BCUT2D eigenvalue weighted by atomic mass is 10.3. The summed E-state index contributed by atoms with van der Waals surface area (Å²) in [5, 5.41) is 3.24. The van der Waals surface area contributed by atoms with Crippen molar-refractivity contribution in [2.45, 2.75) is 26.4 Å². The van der Waals surface area contributed by atoms with E-state index in [9.17, 15) is 4.39 Å². The molecule has 0 fully saturated rings. The van der Waals surface area contributed by atoms with Gasteiger partial charge < -0.3 is 9.88 Å². The molecule has 0 aliphatic heterocycles. The number of nitrogens with one attached hydrogen (secondary N) is 1. The SMILES string of the molecule is CCCn1c(CNc2cccc(F)c2)nc2ccccc21. The van der Waals surface area contributed by atoms with Crippen LogP contribution in [0.15, 0.2) is 48.5 Å². The van der Waals surface area contributed by atoms with Gasteiger partial charge in [0.2, 0.25) is 0 Å². The third-order valence-corrected chi connectivity index (χ3v) is 3.46. The van der Waals surface area contributed by atoms with Gasteiger partial charge in [-0.3, -0.25) is 0 Å². The van der Waals surface area contributed by atoms with Gasteiger partial charge in [-0.05, 0) is 36.8 Å². The first-order valence-electron chi connectivity index (χ1n) is 7.21. The van der Waals surface area contributed by atoms with Crippen molar-refractivity contribution >= 4 is 16.7 Å². The zero-order valence-corrected chi connectivity index (χ0v) is 12.0. The third-order valence-electron chi connectivity index (χ3n) is 3.46. The summed E-state index contributed by atoms with van der Waals surface area (Å²) in [4.78, 5) is 4.68. The van der Waals surface area contributed by atoms with Crippen LogP contribution in [0, 0.1) is 5.82 Å². The van der Waals surface area contributed by atoms with E-state index in [1.54, 1.807) is 6.07 Å². The van der Waals surface area contributed by atoms with E-state index < -0.39 is 0 Å². The topological polar surface area (TPSA) is 29.9 Å². The summed E-state index contributed by atoms with van der Waals surface area (Å²) >= 11 is 0. The highest BCUT2D eigenvalue weighted by atomic mass is 19.1. The third kappa shape index (κ3) is 2.89. The molecule has 0 bridgehead atoms. The van der Waals surface area contributed by atoms with Gasteiger partial charge in [-0.2, -0.15) is 0 Å². The molecule has 3 aromatic rings. The first kappa shape index (κ1) is 13.6. The van der Waals surface area contributed by atoms with Gasteiger partial charge in [0, 0.05) is 12.2 Å². The van der Waals surface area contributed by atoms with E-state index >= 15 is 0 Å². The molecule has 1 heterocycles. The summed E-state index contributed by atoms with van der Waals surface area (Å²) in [6, 6.07) is 14.6. The zero-order chi connectivity index (χ0) is 14.7. The largest absolute Gasteiger partial charge is 0.378 e. The maximum atomic E-state index is 13.2. The Morgan fingerprint density at radius 3 is 2.81 bits per heavy atom. The average Bonchev–Trinajstić information content (AvgIpc) is 2.84. The summed E-state index contributed by atoms with van der Waals surface area (Å²) in [5.41, 5.74) is 2.92. The lowest BCUT2D eigenvalue weighted by Gasteiger charge is -2.09. The molecule has 3 nitrogen and oxygen atoms in total. The van der Waals surface area contributed by atoms with Crippen LogP contribution in [0.3, 0.4) is 0 Å². The van der Waals surface area contributed by atoms with Gasteiger partial charge in [0.1, 0.15) is 11.6 Å². The summed E-state index contributed by atoms with van der Waals surface area (Å²) in [6.07, 6.45) is 1.05. The quantitative estimate of drug-likeness (QED) is 0.760. The molecule has 2 aromatic carbocycles. The van der Waals surface area contributed by atoms with Crippen LogP contribution in [0.1, 0.15) is 19.2 Å².